The lowest BCUT2D eigenvalue weighted by Gasteiger charge is -2.15. The maximum Gasteiger partial charge on any atom is 0.0978 e. The summed E-state index contributed by atoms with van der Waals surface area (Å²) in [5, 5.41) is 0. The SMILES string of the molecule is C=COC(CCCC)CCCCCCCCCCCC. The first kappa shape index (κ1) is 19.5. The normalized spacial score (nSPS) is 12.3. The van der Waals surface area contributed by atoms with Crippen molar-refractivity contribution in [1.29, 1.82) is 0 Å². The lowest BCUT2D eigenvalue weighted by Crippen LogP contribution is -2.09. The van der Waals surface area contributed by atoms with E-state index >= 15 is 0 Å². The first-order valence-electron chi connectivity index (χ1n) is 9.11. The summed E-state index contributed by atoms with van der Waals surface area (Å²) < 4.78 is 5.59. The van der Waals surface area contributed by atoms with Crippen molar-refractivity contribution < 1.29 is 4.74 Å². The van der Waals surface area contributed by atoms with Gasteiger partial charge in [0.15, 0.2) is 0 Å². The smallest absolute Gasteiger partial charge is 0.0978 e. The lowest BCUT2D eigenvalue weighted by molar-refractivity contribution is 0.122. The Morgan fingerprint density at radius 1 is 0.700 bits per heavy atom. The predicted molar refractivity (Wildman–Crippen MR) is 91.1 cm³/mol. The first-order valence-corrected chi connectivity index (χ1v) is 9.11. The molecule has 20 heavy (non-hydrogen) atoms. The quantitative estimate of drug-likeness (QED) is 0.218. The van der Waals surface area contributed by atoms with Crippen LogP contribution in [0, 0.1) is 0 Å². The van der Waals surface area contributed by atoms with Crippen LogP contribution in [0.2, 0.25) is 0 Å². The number of rotatable bonds is 16. The summed E-state index contributed by atoms with van der Waals surface area (Å²) >= 11 is 0. The zero-order valence-corrected chi connectivity index (χ0v) is 14.2. The minimum absolute atomic E-state index is 0.418. The molecule has 0 fully saturated rings. The molecule has 0 aliphatic rings. The van der Waals surface area contributed by atoms with Gasteiger partial charge < -0.3 is 4.74 Å². The maximum atomic E-state index is 5.59. The Balaban J connectivity index is 3.29. The van der Waals surface area contributed by atoms with Crippen LogP contribution in [0.1, 0.15) is 104 Å². The highest BCUT2D eigenvalue weighted by Gasteiger charge is 2.06. The molecule has 0 aromatic rings. The van der Waals surface area contributed by atoms with Crippen LogP contribution in [0.4, 0.5) is 0 Å². The van der Waals surface area contributed by atoms with Gasteiger partial charge in [-0.3, -0.25) is 0 Å². The average Bonchev–Trinajstić information content (AvgIpc) is 2.46. The highest BCUT2D eigenvalue weighted by atomic mass is 16.5. The van der Waals surface area contributed by atoms with Crippen molar-refractivity contribution in [3.8, 4) is 0 Å². The van der Waals surface area contributed by atoms with Crippen molar-refractivity contribution >= 4 is 0 Å². The minimum Gasteiger partial charge on any atom is -0.499 e. The summed E-state index contributed by atoms with van der Waals surface area (Å²) in [5.74, 6) is 0. The molecule has 0 aliphatic heterocycles. The van der Waals surface area contributed by atoms with Crippen LogP contribution in [0.5, 0.6) is 0 Å². The highest BCUT2D eigenvalue weighted by molar-refractivity contribution is 4.63. The number of hydrogen-bond acceptors (Lipinski definition) is 1. The number of unbranched alkanes of at least 4 members (excludes halogenated alkanes) is 10. The van der Waals surface area contributed by atoms with E-state index in [9.17, 15) is 0 Å². The van der Waals surface area contributed by atoms with Crippen LogP contribution in [0.3, 0.4) is 0 Å². The van der Waals surface area contributed by atoms with Gasteiger partial charge in [0.05, 0.1) is 12.4 Å². The van der Waals surface area contributed by atoms with Gasteiger partial charge in [-0.2, -0.15) is 0 Å². The molecule has 0 N–H and O–H groups in total. The Morgan fingerprint density at radius 2 is 1.15 bits per heavy atom. The lowest BCUT2D eigenvalue weighted by atomic mass is 10.0. The van der Waals surface area contributed by atoms with Gasteiger partial charge in [0.2, 0.25) is 0 Å². The Labute approximate surface area is 128 Å². The Kier molecular flexibility index (Phi) is 16.2. The summed E-state index contributed by atoms with van der Waals surface area (Å²) in [6.07, 6.45) is 21.0. The monoisotopic (exact) mass is 282 g/mol. The molecule has 0 spiro atoms. The third-order valence-electron chi connectivity index (χ3n) is 4.05. The fraction of sp³-hybridized carbons (Fsp3) is 0.895. The molecule has 0 bridgehead atoms. The second kappa shape index (κ2) is 16.6. The Bertz CT molecular complexity index is 188. The van der Waals surface area contributed by atoms with Crippen molar-refractivity contribution in [2.75, 3.05) is 0 Å². The molecule has 0 aromatic carbocycles. The summed E-state index contributed by atoms with van der Waals surface area (Å²) in [6, 6.07) is 0. The molecule has 120 valence electrons. The van der Waals surface area contributed by atoms with Crippen LogP contribution < -0.4 is 0 Å². The van der Waals surface area contributed by atoms with Crippen molar-refractivity contribution in [2.24, 2.45) is 0 Å². The molecule has 1 unspecified atom stereocenters. The molecule has 1 nitrogen and oxygen atoms in total. The van der Waals surface area contributed by atoms with Gasteiger partial charge in [-0.25, -0.2) is 0 Å². The van der Waals surface area contributed by atoms with E-state index in [-0.39, 0.29) is 0 Å². The first-order chi connectivity index (χ1) is 9.85. The van der Waals surface area contributed by atoms with E-state index in [0.29, 0.717) is 6.10 Å². The van der Waals surface area contributed by atoms with Crippen molar-refractivity contribution in [2.45, 2.75) is 110 Å². The molecule has 1 atom stereocenters. The standard InChI is InChI=1S/C19H38O/c1-4-7-9-10-11-12-13-14-15-16-18-19(20-6-3)17-8-5-2/h6,19H,3-5,7-18H2,1-2H3. The summed E-state index contributed by atoms with van der Waals surface area (Å²) in [5.41, 5.74) is 0. The summed E-state index contributed by atoms with van der Waals surface area (Å²) in [6.45, 7) is 8.21. The van der Waals surface area contributed by atoms with Gasteiger partial charge in [0.25, 0.3) is 0 Å². The number of ether oxygens (including phenoxy) is 1. The van der Waals surface area contributed by atoms with Crippen LogP contribution in [-0.4, -0.2) is 6.10 Å². The van der Waals surface area contributed by atoms with E-state index in [1.54, 1.807) is 6.26 Å². The molecule has 0 radical (unpaired) electrons. The van der Waals surface area contributed by atoms with E-state index in [1.807, 2.05) is 0 Å². The van der Waals surface area contributed by atoms with Gasteiger partial charge in [-0.15, -0.1) is 0 Å². The van der Waals surface area contributed by atoms with Crippen LogP contribution >= 0.6 is 0 Å². The molecule has 1 heteroatoms. The topological polar surface area (TPSA) is 9.23 Å². The van der Waals surface area contributed by atoms with E-state index in [0.717, 1.165) is 0 Å². The fourth-order valence-corrected chi connectivity index (χ4v) is 2.71. The minimum atomic E-state index is 0.418. The van der Waals surface area contributed by atoms with Gasteiger partial charge in [0, 0.05) is 0 Å². The molecule has 0 aliphatic carbocycles. The second-order valence-electron chi connectivity index (χ2n) is 6.04. The zero-order valence-electron chi connectivity index (χ0n) is 14.2. The predicted octanol–water partition coefficient (Wildman–Crippen LogP) is 7.02. The summed E-state index contributed by atoms with van der Waals surface area (Å²) in [7, 11) is 0. The second-order valence-corrected chi connectivity index (χ2v) is 6.04. The van der Waals surface area contributed by atoms with Gasteiger partial charge >= 0.3 is 0 Å². The van der Waals surface area contributed by atoms with Crippen molar-refractivity contribution in [1.82, 2.24) is 0 Å². The maximum absolute atomic E-state index is 5.59. The molecule has 0 saturated heterocycles. The zero-order chi connectivity index (χ0) is 14.9. The fourth-order valence-electron chi connectivity index (χ4n) is 2.71. The average molecular weight is 283 g/mol. The molecule has 0 rings (SSSR count). The van der Waals surface area contributed by atoms with Crippen molar-refractivity contribution in [3.63, 3.8) is 0 Å². The third kappa shape index (κ3) is 14.0. The van der Waals surface area contributed by atoms with Gasteiger partial charge in [-0.05, 0) is 19.3 Å². The largest absolute Gasteiger partial charge is 0.499 e. The van der Waals surface area contributed by atoms with Gasteiger partial charge in [-0.1, -0.05) is 91.1 Å². The molecule has 0 saturated carbocycles. The molecule has 0 aromatic heterocycles. The molecular weight excluding hydrogens is 244 g/mol. The van der Waals surface area contributed by atoms with Gasteiger partial charge in [0.1, 0.15) is 0 Å². The Hall–Kier alpha value is -0.460. The Morgan fingerprint density at radius 3 is 1.65 bits per heavy atom. The highest BCUT2D eigenvalue weighted by Crippen LogP contribution is 2.15. The summed E-state index contributed by atoms with van der Waals surface area (Å²) in [4.78, 5) is 0. The molecule has 0 amide bonds. The van der Waals surface area contributed by atoms with Crippen molar-refractivity contribution in [3.05, 3.63) is 12.8 Å². The van der Waals surface area contributed by atoms with Crippen LogP contribution in [-0.2, 0) is 4.74 Å². The molecular formula is C19H38O. The van der Waals surface area contributed by atoms with E-state index in [4.69, 9.17) is 4.74 Å². The van der Waals surface area contributed by atoms with Crippen LogP contribution in [0.25, 0.3) is 0 Å². The van der Waals surface area contributed by atoms with Crippen LogP contribution in [0.15, 0.2) is 12.8 Å². The third-order valence-corrected chi connectivity index (χ3v) is 4.05. The van der Waals surface area contributed by atoms with E-state index in [1.165, 1.54) is 89.9 Å². The molecule has 0 heterocycles. The van der Waals surface area contributed by atoms with E-state index in [2.05, 4.69) is 20.4 Å². The van der Waals surface area contributed by atoms with E-state index < -0.39 is 0 Å². The number of hydrogen-bond donors (Lipinski definition) is 0.